The van der Waals surface area contributed by atoms with Gasteiger partial charge in [-0.2, -0.15) is 8.78 Å². The molecule has 0 saturated heterocycles. The van der Waals surface area contributed by atoms with Crippen LogP contribution in [0.15, 0.2) is 42.7 Å². The third-order valence-electron chi connectivity index (χ3n) is 3.02. The number of hydrogen-bond donors (Lipinski definition) is 1. The molecule has 0 radical (unpaired) electrons. The molecule has 1 N–H and O–H groups in total. The van der Waals surface area contributed by atoms with Gasteiger partial charge in [-0.25, -0.2) is 0 Å². The molecule has 0 aliphatic rings. The van der Waals surface area contributed by atoms with Crippen LogP contribution in [-0.2, 0) is 6.54 Å². The summed E-state index contributed by atoms with van der Waals surface area (Å²) in [6.45, 7) is -0.533. The van der Waals surface area contributed by atoms with Crippen LogP contribution < -0.4 is 10.1 Å². The van der Waals surface area contributed by atoms with Crippen molar-refractivity contribution >= 4 is 11.6 Å². The molecule has 2 rings (SSSR count). The molecule has 0 aliphatic heterocycles. The smallest absolute Gasteiger partial charge is 0.387 e. The Balaban J connectivity index is 2.07. The number of hydrogen-bond acceptors (Lipinski definition) is 3. The number of rotatable bonds is 6. The topological polar surface area (TPSA) is 34.1 Å². The van der Waals surface area contributed by atoms with Gasteiger partial charge in [0.15, 0.2) is 0 Å². The van der Waals surface area contributed by atoms with Crippen LogP contribution in [0, 0.1) is 0 Å². The number of benzene rings is 1. The average Bonchev–Trinajstić information content (AvgIpc) is 2.47. The van der Waals surface area contributed by atoms with Gasteiger partial charge in [0, 0.05) is 35.6 Å². The maximum absolute atomic E-state index is 12.4. The maximum Gasteiger partial charge on any atom is 0.387 e. The van der Waals surface area contributed by atoms with Crippen LogP contribution in [0.5, 0.6) is 5.75 Å². The zero-order valence-electron chi connectivity index (χ0n) is 11.4. The number of alkyl halides is 2. The Morgan fingerprint density at radius 3 is 2.81 bits per heavy atom. The first kappa shape index (κ1) is 15.7. The third kappa shape index (κ3) is 4.65. The first-order valence-corrected chi connectivity index (χ1v) is 6.80. The molecule has 0 spiro atoms. The fourth-order valence-electron chi connectivity index (χ4n) is 1.91. The van der Waals surface area contributed by atoms with E-state index in [2.05, 4.69) is 15.0 Å². The summed E-state index contributed by atoms with van der Waals surface area (Å²) in [4.78, 5) is 4.05. The molecule has 1 heterocycles. The van der Waals surface area contributed by atoms with E-state index in [0.29, 0.717) is 17.1 Å². The molecule has 0 fully saturated rings. The molecule has 0 aliphatic carbocycles. The lowest BCUT2D eigenvalue weighted by atomic mass is 10.1. The van der Waals surface area contributed by atoms with Gasteiger partial charge in [-0.1, -0.05) is 17.7 Å². The van der Waals surface area contributed by atoms with E-state index in [1.54, 1.807) is 18.5 Å². The maximum atomic E-state index is 12.4. The highest BCUT2D eigenvalue weighted by molar-refractivity contribution is 6.30. The van der Waals surface area contributed by atoms with Gasteiger partial charge in [0.2, 0.25) is 0 Å². The minimum atomic E-state index is -2.86. The summed E-state index contributed by atoms with van der Waals surface area (Å²) in [6.07, 6.45) is 3.45. The summed E-state index contributed by atoms with van der Waals surface area (Å²) in [6, 6.07) is 8.39. The fraction of sp³-hybridized carbons (Fsp3) is 0.267. The van der Waals surface area contributed by atoms with Gasteiger partial charge in [-0.15, -0.1) is 0 Å². The molecular weight excluding hydrogens is 298 g/mol. The molecule has 21 heavy (non-hydrogen) atoms. The second-order valence-corrected chi connectivity index (χ2v) is 4.96. The first-order chi connectivity index (χ1) is 10.1. The number of ether oxygens (including phenoxy) is 1. The van der Waals surface area contributed by atoms with Gasteiger partial charge >= 0.3 is 6.61 Å². The van der Waals surface area contributed by atoms with Crippen molar-refractivity contribution in [2.75, 3.05) is 0 Å². The van der Waals surface area contributed by atoms with Gasteiger partial charge in [-0.3, -0.25) is 4.98 Å². The van der Waals surface area contributed by atoms with E-state index < -0.39 is 6.61 Å². The fourth-order valence-corrected chi connectivity index (χ4v) is 2.10. The van der Waals surface area contributed by atoms with Gasteiger partial charge in [0.25, 0.3) is 0 Å². The van der Waals surface area contributed by atoms with E-state index in [0.717, 1.165) is 5.56 Å². The minimum absolute atomic E-state index is 0.0251. The highest BCUT2D eigenvalue weighted by Crippen LogP contribution is 2.25. The monoisotopic (exact) mass is 312 g/mol. The van der Waals surface area contributed by atoms with Crippen molar-refractivity contribution in [3.05, 3.63) is 58.9 Å². The Bertz CT molecular complexity index is 581. The molecule has 2 aromatic rings. The van der Waals surface area contributed by atoms with E-state index in [4.69, 9.17) is 11.6 Å². The lowest BCUT2D eigenvalue weighted by Gasteiger charge is -2.16. The number of nitrogens with one attached hydrogen (secondary N) is 1. The molecule has 6 heteroatoms. The highest BCUT2D eigenvalue weighted by atomic mass is 35.5. The average molecular weight is 313 g/mol. The number of nitrogens with zero attached hydrogens (tertiary/aromatic N) is 1. The van der Waals surface area contributed by atoms with Crippen molar-refractivity contribution in [2.45, 2.75) is 26.1 Å². The lowest BCUT2D eigenvalue weighted by molar-refractivity contribution is -0.0505. The zero-order valence-corrected chi connectivity index (χ0v) is 12.1. The zero-order chi connectivity index (χ0) is 15.2. The molecule has 0 saturated carbocycles. The third-order valence-corrected chi connectivity index (χ3v) is 3.26. The second-order valence-electron chi connectivity index (χ2n) is 4.52. The quantitative estimate of drug-likeness (QED) is 0.868. The molecule has 3 nitrogen and oxygen atoms in total. The molecule has 112 valence electrons. The minimum Gasteiger partial charge on any atom is -0.434 e. The normalized spacial score (nSPS) is 12.4. The summed E-state index contributed by atoms with van der Waals surface area (Å²) < 4.78 is 29.3. The summed E-state index contributed by atoms with van der Waals surface area (Å²) in [5, 5.41) is 3.71. The van der Waals surface area contributed by atoms with Gasteiger partial charge in [0.1, 0.15) is 5.75 Å². The van der Waals surface area contributed by atoms with Crippen molar-refractivity contribution in [3.63, 3.8) is 0 Å². The number of pyridine rings is 1. The van der Waals surface area contributed by atoms with Gasteiger partial charge in [-0.05, 0) is 36.8 Å². The first-order valence-electron chi connectivity index (χ1n) is 6.43. The van der Waals surface area contributed by atoms with Crippen LogP contribution in [0.4, 0.5) is 8.78 Å². The van der Waals surface area contributed by atoms with E-state index in [1.165, 1.54) is 12.1 Å². The Hall–Kier alpha value is -1.72. The molecule has 0 bridgehead atoms. The van der Waals surface area contributed by atoms with Gasteiger partial charge < -0.3 is 10.1 Å². The second kappa shape index (κ2) is 7.33. The van der Waals surface area contributed by atoms with E-state index in [-0.39, 0.29) is 11.8 Å². The predicted molar refractivity (Wildman–Crippen MR) is 77.6 cm³/mol. The van der Waals surface area contributed by atoms with Crippen LogP contribution in [0.3, 0.4) is 0 Å². The van der Waals surface area contributed by atoms with Crippen molar-refractivity contribution in [1.82, 2.24) is 10.3 Å². The molecule has 1 unspecified atom stereocenters. The van der Waals surface area contributed by atoms with Crippen LogP contribution >= 0.6 is 11.6 Å². The van der Waals surface area contributed by atoms with E-state index in [9.17, 15) is 8.78 Å². The number of halogens is 3. The standard InChI is InChI=1S/C15H15ClF2N2O/c1-10(11-3-2-6-19-8-11)20-9-12-7-13(16)4-5-14(12)21-15(17)18/h2-8,10,15,20H,9H2,1H3. The van der Waals surface area contributed by atoms with Crippen LogP contribution in [-0.4, -0.2) is 11.6 Å². The molecule has 0 amide bonds. The van der Waals surface area contributed by atoms with Gasteiger partial charge in [0.05, 0.1) is 0 Å². The van der Waals surface area contributed by atoms with Crippen LogP contribution in [0.25, 0.3) is 0 Å². The molecular formula is C15H15ClF2N2O. The van der Waals surface area contributed by atoms with Crippen molar-refractivity contribution in [1.29, 1.82) is 0 Å². The largest absolute Gasteiger partial charge is 0.434 e. The number of aromatic nitrogens is 1. The molecule has 1 aromatic heterocycles. The summed E-state index contributed by atoms with van der Waals surface area (Å²) in [5.41, 5.74) is 1.59. The van der Waals surface area contributed by atoms with Crippen molar-refractivity contribution in [2.24, 2.45) is 0 Å². The van der Waals surface area contributed by atoms with Crippen molar-refractivity contribution in [3.8, 4) is 5.75 Å². The van der Waals surface area contributed by atoms with E-state index >= 15 is 0 Å². The Morgan fingerprint density at radius 1 is 1.33 bits per heavy atom. The SMILES string of the molecule is CC(NCc1cc(Cl)ccc1OC(F)F)c1cccnc1. The van der Waals surface area contributed by atoms with Crippen LogP contribution in [0.2, 0.25) is 5.02 Å². The Labute approximate surface area is 126 Å². The van der Waals surface area contributed by atoms with Crippen LogP contribution in [0.1, 0.15) is 24.1 Å². The molecule has 1 atom stereocenters. The predicted octanol–water partition coefficient (Wildman–Crippen LogP) is 4.19. The summed E-state index contributed by atoms with van der Waals surface area (Å²) in [7, 11) is 0. The Kier molecular flexibility index (Phi) is 5.47. The lowest BCUT2D eigenvalue weighted by Crippen LogP contribution is -2.19. The molecule has 1 aromatic carbocycles. The van der Waals surface area contributed by atoms with E-state index in [1.807, 2.05) is 19.1 Å². The Morgan fingerprint density at radius 2 is 2.14 bits per heavy atom. The summed E-state index contributed by atoms with van der Waals surface area (Å²) >= 11 is 5.90. The van der Waals surface area contributed by atoms with Crippen molar-refractivity contribution < 1.29 is 13.5 Å². The highest BCUT2D eigenvalue weighted by Gasteiger charge is 2.12. The summed E-state index contributed by atoms with van der Waals surface area (Å²) in [5.74, 6) is 0.125.